The van der Waals surface area contributed by atoms with Gasteiger partial charge in [-0.05, 0) is 36.1 Å². The highest BCUT2D eigenvalue weighted by molar-refractivity contribution is 5.83. The number of benzene rings is 1. The average molecular weight is 388 g/mol. The number of fused-ring (bicyclic) bond motifs is 1. The molecule has 8 heteroatoms. The van der Waals surface area contributed by atoms with E-state index in [9.17, 15) is 18.0 Å². The minimum absolute atomic E-state index is 0.0570. The summed E-state index contributed by atoms with van der Waals surface area (Å²) in [5, 5.41) is 4.09. The van der Waals surface area contributed by atoms with E-state index >= 15 is 0 Å². The summed E-state index contributed by atoms with van der Waals surface area (Å²) >= 11 is 0. The Balaban J connectivity index is 1.35. The van der Waals surface area contributed by atoms with E-state index in [1.165, 1.54) is 6.07 Å². The number of halogens is 3. The molecule has 0 saturated carbocycles. The summed E-state index contributed by atoms with van der Waals surface area (Å²) in [5.74, 6) is 0.398. The lowest BCUT2D eigenvalue weighted by atomic mass is 10.2. The molecule has 1 N–H and O–H groups in total. The van der Waals surface area contributed by atoms with Crippen molar-refractivity contribution < 1.29 is 18.0 Å². The topological polar surface area (TPSA) is 50.2 Å². The first kappa shape index (κ1) is 18.3. The molecule has 1 aliphatic heterocycles. The summed E-state index contributed by atoms with van der Waals surface area (Å²) in [6, 6.07) is 12.2. The van der Waals surface area contributed by atoms with E-state index in [0.717, 1.165) is 29.6 Å². The first-order valence-corrected chi connectivity index (χ1v) is 9.01. The molecule has 1 aliphatic rings. The number of nitrogens with one attached hydrogen (secondary N) is 1. The largest absolute Gasteiger partial charge is 0.417 e. The molecular formula is C20H19F3N4O. The lowest BCUT2D eigenvalue weighted by Crippen LogP contribution is -2.39. The number of nitrogens with zero attached hydrogens (tertiary/aromatic N) is 3. The van der Waals surface area contributed by atoms with Crippen molar-refractivity contribution >= 4 is 22.6 Å². The molecule has 28 heavy (non-hydrogen) atoms. The van der Waals surface area contributed by atoms with E-state index in [1.54, 1.807) is 0 Å². The second-order valence-electron chi connectivity index (χ2n) is 6.90. The molecule has 1 saturated heterocycles. The molecule has 146 valence electrons. The summed E-state index contributed by atoms with van der Waals surface area (Å²) in [6.45, 7) is 1.38. The van der Waals surface area contributed by atoms with Gasteiger partial charge in [-0.25, -0.2) is 4.98 Å². The number of hydrogen-bond donors (Lipinski definition) is 1. The zero-order valence-corrected chi connectivity index (χ0v) is 15.0. The number of aromatic nitrogens is 2. The zero-order chi connectivity index (χ0) is 19.7. The van der Waals surface area contributed by atoms with Gasteiger partial charge < -0.3 is 14.8 Å². The fourth-order valence-corrected chi connectivity index (χ4v) is 3.53. The maximum absolute atomic E-state index is 12.7. The normalized spacial score (nSPS) is 17.2. The molecule has 3 heterocycles. The number of alkyl halides is 3. The van der Waals surface area contributed by atoms with Gasteiger partial charge in [-0.1, -0.05) is 18.2 Å². The van der Waals surface area contributed by atoms with Gasteiger partial charge in [0, 0.05) is 37.0 Å². The number of carbonyl (C=O) groups is 1. The van der Waals surface area contributed by atoms with Crippen LogP contribution in [0.15, 0.2) is 54.9 Å². The van der Waals surface area contributed by atoms with E-state index in [4.69, 9.17) is 0 Å². The van der Waals surface area contributed by atoms with Crippen LogP contribution in [0.1, 0.15) is 12.0 Å². The molecule has 5 nitrogen and oxygen atoms in total. The van der Waals surface area contributed by atoms with Gasteiger partial charge in [-0.3, -0.25) is 4.79 Å². The van der Waals surface area contributed by atoms with Crippen molar-refractivity contribution in [1.82, 2.24) is 14.9 Å². The van der Waals surface area contributed by atoms with Crippen molar-refractivity contribution in [2.75, 3.05) is 18.0 Å². The van der Waals surface area contributed by atoms with Crippen LogP contribution in [0.4, 0.5) is 19.0 Å². The fraction of sp³-hybridized carbons (Fsp3) is 0.300. The fourth-order valence-electron chi connectivity index (χ4n) is 3.53. The van der Waals surface area contributed by atoms with Gasteiger partial charge in [0.1, 0.15) is 12.4 Å². The zero-order valence-electron chi connectivity index (χ0n) is 15.0. The van der Waals surface area contributed by atoms with Crippen molar-refractivity contribution in [3.63, 3.8) is 0 Å². The molecule has 1 aromatic carbocycles. The molecule has 4 rings (SSSR count). The predicted octanol–water partition coefficient (Wildman–Crippen LogP) is 3.45. The molecule has 1 amide bonds. The lowest BCUT2D eigenvalue weighted by molar-refractivity contribution is -0.137. The predicted molar refractivity (Wildman–Crippen MR) is 99.9 cm³/mol. The van der Waals surface area contributed by atoms with Gasteiger partial charge in [-0.15, -0.1) is 0 Å². The monoisotopic (exact) mass is 388 g/mol. The molecule has 0 radical (unpaired) electrons. The van der Waals surface area contributed by atoms with Crippen LogP contribution in [0.5, 0.6) is 0 Å². The first-order chi connectivity index (χ1) is 13.4. The number of para-hydroxylation sites is 1. The number of pyridine rings is 1. The summed E-state index contributed by atoms with van der Waals surface area (Å²) in [4.78, 5) is 18.2. The Kier molecular flexibility index (Phi) is 4.70. The third-order valence-electron chi connectivity index (χ3n) is 4.95. The SMILES string of the molecule is O=C(Cn1ccc2ccccc21)N[C@@H]1CCN(c2ccc(C(F)(F)F)cn2)C1. The standard InChI is InChI=1S/C20H19F3N4O/c21-20(22,23)15-5-6-18(24-11-15)27-10-8-16(12-27)25-19(28)13-26-9-7-14-3-1-2-4-17(14)26/h1-7,9,11,16H,8,10,12-13H2,(H,25,28)/t16-/m1/s1. The van der Waals surface area contributed by atoms with Crippen molar-refractivity contribution in [2.45, 2.75) is 25.2 Å². The Labute approximate surface area is 159 Å². The Morgan fingerprint density at radius 1 is 1.18 bits per heavy atom. The Morgan fingerprint density at radius 2 is 2.00 bits per heavy atom. The van der Waals surface area contributed by atoms with Gasteiger partial charge in [0.25, 0.3) is 0 Å². The van der Waals surface area contributed by atoms with E-state index in [2.05, 4.69) is 10.3 Å². The van der Waals surface area contributed by atoms with Crippen LogP contribution in [0, 0.1) is 0 Å². The van der Waals surface area contributed by atoms with E-state index in [-0.39, 0.29) is 18.5 Å². The van der Waals surface area contributed by atoms with Crippen LogP contribution in [0.3, 0.4) is 0 Å². The number of amides is 1. The Morgan fingerprint density at radius 3 is 2.75 bits per heavy atom. The molecule has 0 bridgehead atoms. The second kappa shape index (κ2) is 7.18. The van der Waals surface area contributed by atoms with E-state index in [0.29, 0.717) is 18.9 Å². The minimum Gasteiger partial charge on any atom is -0.354 e. The summed E-state index contributed by atoms with van der Waals surface area (Å²) in [5.41, 5.74) is 0.235. The molecule has 2 aromatic heterocycles. The third kappa shape index (κ3) is 3.81. The second-order valence-corrected chi connectivity index (χ2v) is 6.90. The Bertz CT molecular complexity index is 981. The quantitative estimate of drug-likeness (QED) is 0.745. The first-order valence-electron chi connectivity index (χ1n) is 9.01. The maximum Gasteiger partial charge on any atom is 0.417 e. The summed E-state index contributed by atoms with van der Waals surface area (Å²) < 4.78 is 39.9. The number of hydrogen-bond acceptors (Lipinski definition) is 3. The van der Waals surface area contributed by atoms with Crippen LogP contribution in [0.25, 0.3) is 10.9 Å². The van der Waals surface area contributed by atoms with Crippen LogP contribution in [0.2, 0.25) is 0 Å². The minimum atomic E-state index is -4.39. The Hall–Kier alpha value is -3.03. The lowest BCUT2D eigenvalue weighted by Gasteiger charge is -2.18. The van der Waals surface area contributed by atoms with Gasteiger partial charge >= 0.3 is 6.18 Å². The van der Waals surface area contributed by atoms with Gasteiger partial charge in [0.15, 0.2) is 0 Å². The van der Waals surface area contributed by atoms with E-state index < -0.39 is 11.7 Å². The van der Waals surface area contributed by atoms with Crippen molar-refractivity contribution in [3.8, 4) is 0 Å². The highest BCUT2D eigenvalue weighted by Crippen LogP contribution is 2.29. The number of anilines is 1. The van der Waals surface area contributed by atoms with Crippen molar-refractivity contribution in [2.24, 2.45) is 0 Å². The number of carbonyl (C=O) groups excluding carboxylic acids is 1. The third-order valence-corrected chi connectivity index (χ3v) is 4.95. The summed E-state index contributed by atoms with van der Waals surface area (Å²) in [6.07, 6.45) is -0.938. The number of rotatable bonds is 4. The molecule has 1 atom stereocenters. The summed E-state index contributed by atoms with van der Waals surface area (Å²) in [7, 11) is 0. The van der Waals surface area contributed by atoms with Gasteiger partial charge in [0.2, 0.25) is 5.91 Å². The molecule has 3 aromatic rings. The van der Waals surface area contributed by atoms with Gasteiger partial charge in [0.05, 0.1) is 5.56 Å². The van der Waals surface area contributed by atoms with Crippen LogP contribution in [-0.2, 0) is 17.5 Å². The molecule has 0 aliphatic carbocycles. The molecule has 0 spiro atoms. The van der Waals surface area contributed by atoms with E-state index in [1.807, 2.05) is 46.0 Å². The van der Waals surface area contributed by atoms with Crippen LogP contribution < -0.4 is 10.2 Å². The van der Waals surface area contributed by atoms with Crippen molar-refractivity contribution in [1.29, 1.82) is 0 Å². The maximum atomic E-state index is 12.7. The van der Waals surface area contributed by atoms with Crippen LogP contribution >= 0.6 is 0 Å². The smallest absolute Gasteiger partial charge is 0.354 e. The van der Waals surface area contributed by atoms with Gasteiger partial charge in [-0.2, -0.15) is 13.2 Å². The van der Waals surface area contributed by atoms with Crippen LogP contribution in [-0.4, -0.2) is 34.6 Å². The highest BCUT2D eigenvalue weighted by Gasteiger charge is 2.31. The molecule has 0 unspecified atom stereocenters. The molecular weight excluding hydrogens is 369 g/mol. The molecule has 1 fully saturated rings. The highest BCUT2D eigenvalue weighted by atomic mass is 19.4. The average Bonchev–Trinajstić information content (AvgIpc) is 3.29. The van der Waals surface area contributed by atoms with Crippen molar-refractivity contribution in [3.05, 3.63) is 60.4 Å².